The van der Waals surface area contributed by atoms with Gasteiger partial charge in [-0.1, -0.05) is 29.8 Å². The molecule has 3 aromatic rings. The molecule has 3 rings (SSSR count). The molecule has 0 saturated heterocycles. The smallest absolute Gasteiger partial charge is 0.405 e. The van der Waals surface area contributed by atoms with Crippen LogP contribution in [-0.2, 0) is 17.9 Å². The summed E-state index contributed by atoms with van der Waals surface area (Å²) in [7, 11) is 0. The van der Waals surface area contributed by atoms with Crippen LogP contribution in [-0.4, -0.2) is 27.0 Å². The minimum absolute atomic E-state index is 0.146. The van der Waals surface area contributed by atoms with Gasteiger partial charge in [0.2, 0.25) is 5.91 Å². The summed E-state index contributed by atoms with van der Waals surface area (Å²) >= 11 is 11.0. The van der Waals surface area contributed by atoms with Crippen LogP contribution in [0.25, 0.3) is 11.4 Å². The number of benzene rings is 2. The Morgan fingerprint density at radius 2 is 1.90 bits per heavy atom. The van der Waals surface area contributed by atoms with Gasteiger partial charge in [-0.3, -0.25) is 14.5 Å². The molecule has 0 aliphatic rings. The molecular weight excluding hydrogens is 429 g/mol. The lowest BCUT2D eigenvalue weighted by Crippen LogP contribution is -2.28. The van der Waals surface area contributed by atoms with Crippen LogP contribution in [0.5, 0.6) is 5.75 Å². The van der Waals surface area contributed by atoms with Crippen LogP contribution < -0.4 is 10.1 Å². The number of para-hydroxylation sites is 1. The molecule has 0 aliphatic heterocycles. The highest BCUT2D eigenvalue weighted by molar-refractivity contribution is 7.71. The van der Waals surface area contributed by atoms with Crippen LogP contribution in [0.3, 0.4) is 0 Å². The third kappa shape index (κ3) is 5.58. The maximum Gasteiger partial charge on any atom is 0.573 e. The van der Waals surface area contributed by atoms with Crippen molar-refractivity contribution in [2.24, 2.45) is 0 Å². The molecular formula is C18H14ClF3N4O2S. The molecule has 1 heterocycles. The SMILES string of the molecule is O=C(Cn1c(-c2ccc(Cl)cc2)n[nH]c1=S)NCc1ccccc1OC(F)(F)F. The van der Waals surface area contributed by atoms with E-state index in [1.165, 1.54) is 22.8 Å². The number of amides is 1. The van der Waals surface area contributed by atoms with Crippen molar-refractivity contribution in [2.75, 3.05) is 0 Å². The molecule has 0 unspecified atom stereocenters. The molecule has 2 N–H and O–H groups in total. The number of nitrogens with one attached hydrogen (secondary N) is 2. The van der Waals surface area contributed by atoms with E-state index in [4.69, 9.17) is 23.8 Å². The monoisotopic (exact) mass is 442 g/mol. The van der Waals surface area contributed by atoms with E-state index >= 15 is 0 Å². The van der Waals surface area contributed by atoms with Crippen molar-refractivity contribution >= 4 is 29.7 Å². The van der Waals surface area contributed by atoms with E-state index < -0.39 is 12.3 Å². The van der Waals surface area contributed by atoms with Gasteiger partial charge in [0, 0.05) is 22.7 Å². The number of carbonyl (C=O) groups excluding carboxylic acids is 1. The van der Waals surface area contributed by atoms with E-state index in [9.17, 15) is 18.0 Å². The first-order valence-corrected chi connectivity index (χ1v) is 9.03. The maximum atomic E-state index is 12.5. The molecule has 0 bridgehead atoms. The van der Waals surface area contributed by atoms with Crippen molar-refractivity contribution in [1.29, 1.82) is 0 Å². The number of aromatic amines is 1. The molecule has 0 aliphatic carbocycles. The van der Waals surface area contributed by atoms with Crippen molar-refractivity contribution in [2.45, 2.75) is 19.5 Å². The second kappa shape index (κ2) is 8.66. The standard InChI is InChI=1S/C18H14ClF3N4O2S/c19-13-7-5-11(6-8-13)16-24-25-17(29)26(16)10-15(27)23-9-12-3-1-2-4-14(12)28-18(20,21)22/h1-8H,9-10H2,(H,23,27)(H,25,29). The molecule has 1 amide bonds. The van der Waals surface area contributed by atoms with Gasteiger partial charge in [-0.25, -0.2) is 0 Å². The molecule has 0 fully saturated rings. The Bertz CT molecular complexity index is 1060. The summed E-state index contributed by atoms with van der Waals surface area (Å²) in [4.78, 5) is 12.4. The fourth-order valence-electron chi connectivity index (χ4n) is 2.55. The Labute approximate surface area is 173 Å². The molecule has 0 radical (unpaired) electrons. The van der Waals surface area contributed by atoms with Crippen LogP contribution in [0.4, 0.5) is 13.2 Å². The normalized spacial score (nSPS) is 11.3. The van der Waals surface area contributed by atoms with Gasteiger partial charge in [0.25, 0.3) is 0 Å². The van der Waals surface area contributed by atoms with Crippen molar-refractivity contribution < 1.29 is 22.7 Å². The van der Waals surface area contributed by atoms with Crippen molar-refractivity contribution in [1.82, 2.24) is 20.1 Å². The third-order valence-electron chi connectivity index (χ3n) is 3.84. The van der Waals surface area contributed by atoms with E-state index in [2.05, 4.69) is 20.3 Å². The summed E-state index contributed by atoms with van der Waals surface area (Å²) in [5, 5.41) is 9.85. The number of nitrogens with zero attached hydrogens (tertiary/aromatic N) is 2. The van der Waals surface area contributed by atoms with Gasteiger partial charge in [0.15, 0.2) is 10.6 Å². The van der Waals surface area contributed by atoms with E-state index in [1.54, 1.807) is 30.3 Å². The van der Waals surface area contributed by atoms with Crippen molar-refractivity contribution in [3.8, 4) is 17.1 Å². The molecule has 0 atom stereocenters. The zero-order valence-electron chi connectivity index (χ0n) is 14.7. The first-order chi connectivity index (χ1) is 13.7. The maximum absolute atomic E-state index is 12.5. The van der Waals surface area contributed by atoms with Crippen LogP contribution in [0.2, 0.25) is 5.02 Å². The number of hydrogen-bond acceptors (Lipinski definition) is 4. The van der Waals surface area contributed by atoms with E-state index in [0.717, 1.165) is 0 Å². The summed E-state index contributed by atoms with van der Waals surface area (Å²) in [5.74, 6) is -0.399. The predicted octanol–water partition coefficient (Wildman–Crippen LogP) is 4.48. The number of rotatable bonds is 6. The summed E-state index contributed by atoms with van der Waals surface area (Å²) in [5.41, 5.74) is 0.880. The number of halogens is 4. The van der Waals surface area contributed by atoms with Gasteiger partial charge < -0.3 is 10.1 Å². The molecule has 0 spiro atoms. The van der Waals surface area contributed by atoms with Crippen molar-refractivity contribution in [3.63, 3.8) is 0 Å². The van der Waals surface area contributed by atoms with Crippen LogP contribution in [0, 0.1) is 4.77 Å². The molecule has 2 aromatic carbocycles. The average Bonchev–Trinajstić information content (AvgIpc) is 3.01. The Balaban J connectivity index is 1.71. The zero-order chi connectivity index (χ0) is 21.0. The van der Waals surface area contributed by atoms with Crippen LogP contribution in [0.1, 0.15) is 5.56 Å². The second-order valence-corrected chi connectivity index (χ2v) is 6.70. The number of H-pyrrole nitrogens is 1. The summed E-state index contributed by atoms with van der Waals surface area (Å²) in [6.45, 7) is -0.317. The minimum Gasteiger partial charge on any atom is -0.405 e. The number of ether oxygens (including phenoxy) is 1. The molecule has 0 saturated carbocycles. The van der Waals surface area contributed by atoms with Gasteiger partial charge in [0.1, 0.15) is 12.3 Å². The fourth-order valence-corrected chi connectivity index (χ4v) is 2.87. The number of hydrogen-bond donors (Lipinski definition) is 2. The quantitative estimate of drug-likeness (QED) is 0.552. The highest BCUT2D eigenvalue weighted by Crippen LogP contribution is 2.26. The van der Waals surface area contributed by atoms with Gasteiger partial charge in [0.05, 0.1) is 0 Å². The minimum atomic E-state index is -4.82. The molecule has 11 heteroatoms. The highest BCUT2D eigenvalue weighted by atomic mass is 35.5. The predicted molar refractivity (Wildman–Crippen MR) is 103 cm³/mol. The van der Waals surface area contributed by atoms with Gasteiger partial charge in [-0.15, -0.1) is 13.2 Å². The fraction of sp³-hybridized carbons (Fsp3) is 0.167. The first-order valence-electron chi connectivity index (χ1n) is 8.24. The van der Waals surface area contributed by atoms with Crippen LogP contribution in [0.15, 0.2) is 48.5 Å². The van der Waals surface area contributed by atoms with Crippen LogP contribution >= 0.6 is 23.8 Å². The number of aromatic nitrogens is 3. The van der Waals surface area contributed by atoms with E-state index in [0.29, 0.717) is 16.4 Å². The van der Waals surface area contributed by atoms with Gasteiger partial charge >= 0.3 is 6.36 Å². The first kappa shape index (κ1) is 20.9. The molecule has 6 nitrogen and oxygen atoms in total. The van der Waals surface area contributed by atoms with E-state index in [1.807, 2.05) is 0 Å². The molecule has 1 aromatic heterocycles. The Morgan fingerprint density at radius 3 is 2.59 bits per heavy atom. The summed E-state index contributed by atoms with van der Waals surface area (Å²) < 4.78 is 43.2. The van der Waals surface area contributed by atoms with Gasteiger partial charge in [-0.2, -0.15) is 5.10 Å². The summed E-state index contributed by atoms with van der Waals surface area (Å²) in [6, 6.07) is 12.4. The summed E-state index contributed by atoms with van der Waals surface area (Å²) in [6.07, 6.45) is -4.82. The van der Waals surface area contributed by atoms with E-state index in [-0.39, 0.29) is 29.2 Å². The topological polar surface area (TPSA) is 71.9 Å². The highest BCUT2D eigenvalue weighted by Gasteiger charge is 2.32. The number of alkyl halides is 3. The third-order valence-corrected chi connectivity index (χ3v) is 4.40. The Morgan fingerprint density at radius 1 is 1.21 bits per heavy atom. The number of carbonyl (C=O) groups is 1. The second-order valence-electron chi connectivity index (χ2n) is 5.88. The van der Waals surface area contributed by atoms with Gasteiger partial charge in [-0.05, 0) is 42.5 Å². The lowest BCUT2D eigenvalue weighted by atomic mass is 10.2. The zero-order valence-corrected chi connectivity index (χ0v) is 16.2. The average molecular weight is 443 g/mol. The Hall–Kier alpha value is -2.85. The Kier molecular flexibility index (Phi) is 6.23. The molecule has 152 valence electrons. The van der Waals surface area contributed by atoms with Crippen molar-refractivity contribution in [3.05, 3.63) is 63.9 Å². The molecule has 29 heavy (non-hydrogen) atoms. The lowest BCUT2D eigenvalue weighted by Gasteiger charge is -2.14. The lowest BCUT2D eigenvalue weighted by molar-refractivity contribution is -0.274. The largest absolute Gasteiger partial charge is 0.573 e.